The normalized spacial score (nSPS) is 23.8. The van der Waals surface area contributed by atoms with E-state index >= 15 is 0 Å². The van der Waals surface area contributed by atoms with Crippen molar-refractivity contribution in [3.05, 3.63) is 101 Å². The van der Waals surface area contributed by atoms with Crippen LogP contribution in [0.1, 0.15) is 22.7 Å². The summed E-state index contributed by atoms with van der Waals surface area (Å²) < 4.78 is 39.7. The maximum absolute atomic E-state index is 13.8. The van der Waals surface area contributed by atoms with E-state index < -0.39 is 53.4 Å². The monoisotopic (exact) mass is 537 g/mol. The van der Waals surface area contributed by atoms with Gasteiger partial charge in [-0.2, -0.15) is 13.2 Å². The van der Waals surface area contributed by atoms with Gasteiger partial charge in [0, 0.05) is 16.9 Å². The third-order valence-corrected chi connectivity index (χ3v) is 7.52. The molecular weight excluding hydrogens is 519 g/mol. The lowest BCUT2D eigenvalue weighted by atomic mass is 9.84. The fourth-order valence-electron chi connectivity index (χ4n) is 5.69. The van der Waals surface area contributed by atoms with Gasteiger partial charge in [-0.15, -0.1) is 0 Å². The van der Waals surface area contributed by atoms with Crippen LogP contribution in [0.15, 0.2) is 79.0 Å². The molecule has 0 radical (unpaired) electrons. The predicted molar refractivity (Wildman–Crippen MR) is 135 cm³/mol. The minimum Gasteiger partial charge on any atom is -0.357 e. The van der Waals surface area contributed by atoms with E-state index in [1.54, 1.807) is 41.4 Å². The van der Waals surface area contributed by atoms with Crippen molar-refractivity contribution in [2.75, 3.05) is 10.2 Å². The van der Waals surface area contributed by atoms with Gasteiger partial charge in [0.1, 0.15) is 6.04 Å². The maximum atomic E-state index is 13.8. The summed E-state index contributed by atoms with van der Waals surface area (Å²) in [4.78, 5) is 44.0. The Labute approximate surface area is 220 Å². The molecule has 0 saturated carbocycles. The van der Waals surface area contributed by atoms with Gasteiger partial charge in [-0.25, -0.2) is 4.90 Å². The van der Waals surface area contributed by atoms with Crippen molar-refractivity contribution in [1.82, 2.24) is 4.90 Å². The van der Waals surface area contributed by atoms with Gasteiger partial charge in [-0.1, -0.05) is 41.9 Å². The van der Waals surface area contributed by atoms with Gasteiger partial charge in [0.25, 0.3) is 0 Å². The molecular formula is C28H19ClF3N3O3. The third-order valence-electron chi connectivity index (χ3n) is 7.27. The van der Waals surface area contributed by atoms with E-state index in [0.29, 0.717) is 10.7 Å². The second-order valence-electron chi connectivity index (χ2n) is 9.39. The number of rotatable bonds is 3. The summed E-state index contributed by atoms with van der Waals surface area (Å²) in [6.45, 7) is 0. The Bertz CT molecular complexity index is 1500. The molecule has 3 aliphatic heterocycles. The van der Waals surface area contributed by atoms with Gasteiger partial charge in [0.05, 0.1) is 29.1 Å². The molecule has 3 aliphatic rings. The summed E-state index contributed by atoms with van der Waals surface area (Å²) in [5.74, 6) is -3.60. The number of amides is 3. The zero-order chi connectivity index (χ0) is 26.8. The highest BCUT2D eigenvalue weighted by molar-refractivity contribution is 6.31. The zero-order valence-corrected chi connectivity index (χ0v) is 20.3. The molecule has 0 aromatic heterocycles. The topological polar surface area (TPSA) is 69.7 Å². The lowest BCUT2D eigenvalue weighted by Crippen LogP contribution is -2.46. The van der Waals surface area contributed by atoms with Gasteiger partial charge in [0.2, 0.25) is 17.7 Å². The number of anilines is 2. The smallest absolute Gasteiger partial charge is 0.357 e. The van der Waals surface area contributed by atoms with Crippen molar-refractivity contribution in [2.45, 2.75) is 18.3 Å². The van der Waals surface area contributed by atoms with Crippen molar-refractivity contribution in [3.8, 4) is 0 Å². The van der Waals surface area contributed by atoms with Crippen LogP contribution >= 0.6 is 11.6 Å². The van der Waals surface area contributed by atoms with Crippen molar-refractivity contribution in [1.29, 1.82) is 0 Å². The Morgan fingerprint density at radius 2 is 1.61 bits per heavy atom. The molecule has 38 heavy (non-hydrogen) atoms. The zero-order valence-electron chi connectivity index (χ0n) is 19.5. The van der Waals surface area contributed by atoms with Crippen LogP contribution in [0.3, 0.4) is 0 Å². The number of alkyl halides is 3. The van der Waals surface area contributed by atoms with Crippen molar-refractivity contribution in [3.63, 3.8) is 0 Å². The summed E-state index contributed by atoms with van der Waals surface area (Å²) in [6.07, 6.45) is -1.12. The van der Waals surface area contributed by atoms with E-state index in [4.69, 9.17) is 11.6 Å². The van der Waals surface area contributed by atoms with E-state index in [1.807, 2.05) is 24.3 Å². The Morgan fingerprint density at radius 1 is 0.895 bits per heavy atom. The first kappa shape index (κ1) is 24.2. The number of nitrogens with zero attached hydrogens (tertiary/aromatic N) is 2. The first-order chi connectivity index (χ1) is 18.1. The molecule has 2 fully saturated rings. The summed E-state index contributed by atoms with van der Waals surface area (Å²) >= 11 is 5.99. The largest absolute Gasteiger partial charge is 0.416 e. The lowest BCUT2D eigenvalue weighted by molar-refractivity contribution is -0.137. The lowest BCUT2D eigenvalue weighted by Gasteiger charge is -2.35. The number of fused-ring (bicyclic) bond motifs is 5. The summed E-state index contributed by atoms with van der Waals surface area (Å²) in [5, 5.41) is 2.98. The van der Waals surface area contributed by atoms with E-state index in [9.17, 15) is 27.6 Å². The van der Waals surface area contributed by atoms with Crippen LogP contribution in [0.25, 0.3) is 6.08 Å². The third kappa shape index (κ3) is 3.77. The van der Waals surface area contributed by atoms with Crippen molar-refractivity contribution in [2.24, 2.45) is 11.8 Å². The summed E-state index contributed by atoms with van der Waals surface area (Å²) in [6, 6.07) is 16.2. The Hall–Kier alpha value is -4.11. The van der Waals surface area contributed by atoms with Crippen molar-refractivity contribution < 1.29 is 27.6 Å². The van der Waals surface area contributed by atoms with Crippen LogP contribution in [0.4, 0.5) is 24.5 Å². The first-order valence-electron chi connectivity index (χ1n) is 11.8. The molecule has 10 heteroatoms. The molecule has 3 amide bonds. The SMILES string of the molecule is O=C(Nc1cccc(C(F)(F)F)c1)[C@@H]1[C@@H]2C(=O)N(c3ccc(Cl)cc3)C(=O)[C@H]2[C@@H]2c3ccccc3C=CN12. The summed E-state index contributed by atoms with van der Waals surface area (Å²) in [7, 11) is 0. The fourth-order valence-corrected chi connectivity index (χ4v) is 5.82. The number of carbonyl (C=O) groups is 3. The molecule has 0 bridgehead atoms. The van der Waals surface area contributed by atoms with Crippen LogP contribution in [-0.4, -0.2) is 28.7 Å². The summed E-state index contributed by atoms with van der Waals surface area (Å²) in [5.41, 5.74) is 1.01. The number of halogens is 4. The second kappa shape index (κ2) is 8.73. The minimum absolute atomic E-state index is 0.0578. The van der Waals surface area contributed by atoms with Crippen LogP contribution in [0.2, 0.25) is 5.02 Å². The number of hydrogen-bond acceptors (Lipinski definition) is 4. The molecule has 0 unspecified atom stereocenters. The molecule has 1 N–H and O–H groups in total. The minimum atomic E-state index is -4.59. The number of nitrogens with one attached hydrogen (secondary N) is 1. The van der Waals surface area contributed by atoms with Crippen molar-refractivity contribution >= 4 is 46.8 Å². The molecule has 6 rings (SSSR count). The second-order valence-corrected chi connectivity index (χ2v) is 9.83. The molecule has 0 spiro atoms. The van der Waals surface area contributed by atoms with E-state index in [-0.39, 0.29) is 5.69 Å². The molecule has 3 aromatic rings. The fraction of sp³-hybridized carbons (Fsp3) is 0.179. The van der Waals surface area contributed by atoms with E-state index in [1.165, 1.54) is 12.1 Å². The molecule has 2 saturated heterocycles. The standard InChI is InChI=1S/C28H19ClF3N3O3/c29-17-8-10-19(11-9-17)35-26(37)21-22(27(35)38)24(34-13-12-15-4-1-2-7-20(15)23(21)34)25(36)33-18-6-3-5-16(14-18)28(30,31)32/h1-14,21-24H,(H,33,36)/t21-,22-,23+,24+/m1/s1. The molecule has 6 nitrogen and oxygen atoms in total. The Kier molecular flexibility index (Phi) is 5.57. The molecule has 3 aromatic carbocycles. The maximum Gasteiger partial charge on any atom is 0.416 e. The highest BCUT2D eigenvalue weighted by Crippen LogP contribution is 2.53. The average Bonchev–Trinajstić information content (AvgIpc) is 3.37. The van der Waals surface area contributed by atoms with Gasteiger partial charge in [0.15, 0.2) is 0 Å². The van der Waals surface area contributed by atoms with E-state index in [0.717, 1.165) is 28.2 Å². The molecule has 3 heterocycles. The quantitative estimate of drug-likeness (QED) is 0.447. The van der Waals surface area contributed by atoms with Crippen LogP contribution in [-0.2, 0) is 20.6 Å². The molecule has 0 aliphatic carbocycles. The van der Waals surface area contributed by atoms with Crippen LogP contribution < -0.4 is 10.2 Å². The van der Waals surface area contributed by atoms with Gasteiger partial charge < -0.3 is 10.2 Å². The Morgan fingerprint density at radius 3 is 2.34 bits per heavy atom. The number of benzene rings is 3. The van der Waals surface area contributed by atoms with Gasteiger partial charge >= 0.3 is 6.18 Å². The van der Waals surface area contributed by atoms with Gasteiger partial charge in [-0.3, -0.25) is 14.4 Å². The first-order valence-corrected chi connectivity index (χ1v) is 12.2. The van der Waals surface area contributed by atoms with Crippen LogP contribution in [0.5, 0.6) is 0 Å². The highest BCUT2D eigenvalue weighted by atomic mass is 35.5. The highest BCUT2D eigenvalue weighted by Gasteiger charge is 2.64. The molecule has 4 atom stereocenters. The number of imide groups is 1. The number of hydrogen-bond donors (Lipinski definition) is 1. The van der Waals surface area contributed by atoms with Gasteiger partial charge in [-0.05, 0) is 59.7 Å². The average molecular weight is 538 g/mol. The number of carbonyl (C=O) groups excluding carboxylic acids is 3. The predicted octanol–water partition coefficient (Wildman–Crippen LogP) is 5.51. The van der Waals surface area contributed by atoms with E-state index in [2.05, 4.69) is 5.32 Å². The van der Waals surface area contributed by atoms with Crippen LogP contribution in [0, 0.1) is 11.8 Å². The molecule has 192 valence electrons. The Balaban J connectivity index is 1.41.